The monoisotopic (exact) mass is 401 g/mol. The SMILES string of the molecule is CC[C@]12CC(OP(=O)(O)OC)C1C(O)[C@H](n1cnc3c(=O)[nH]c(N)nc31)O2. The molecule has 3 heterocycles. The number of hydrogen-bond acceptors (Lipinski definition) is 9. The number of nitrogen functional groups attached to an aromatic ring is 1. The van der Waals surface area contributed by atoms with Crippen molar-refractivity contribution in [3.8, 4) is 0 Å². The molecule has 0 spiro atoms. The molecule has 5 N–H and O–H groups in total. The van der Waals surface area contributed by atoms with Crippen LogP contribution in [0.4, 0.5) is 5.95 Å². The van der Waals surface area contributed by atoms with Gasteiger partial charge in [0.25, 0.3) is 5.56 Å². The number of aromatic amines is 1. The molecule has 0 aromatic carbocycles. The number of rotatable bonds is 5. The van der Waals surface area contributed by atoms with Gasteiger partial charge in [-0.3, -0.25) is 23.4 Å². The van der Waals surface area contributed by atoms with Crippen LogP contribution < -0.4 is 11.3 Å². The number of phosphoric acid groups is 1. The van der Waals surface area contributed by atoms with Gasteiger partial charge in [0.15, 0.2) is 17.4 Å². The molecule has 1 saturated carbocycles. The van der Waals surface area contributed by atoms with Crippen LogP contribution in [-0.2, 0) is 18.3 Å². The molecule has 148 valence electrons. The Morgan fingerprint density at radius 1 is 1.59 bits per heavy atom. The summed E-state index contributed by atoms with van der Waals surface area (Å²) in [5.41, 5.74) is 4.62. The van der Waals surface area contributed by atoms with Gasteiger partial charge in [0.2, 0.25) is 5.95 Å². The van der Waals surface area contributed by atoms with Gasteiger partial charge in [-0.05, 0) is 6.42 Å². The van der Waals surface area contributed by atoms with Crippen LogP contribution in [0.2, 0.25) is 0 Å². The summed E-state index contributed by atoms with van der Waals surface area (Å²) < 4.78 is 28.9. The molecule has 1 saturated heterocycles. The lowest BCUT2D eigenvalue weighted by atomic mass is 9.64. The second kappa shape index (κ2) is 6.09. The topological polar surface area (TPSA) is 175 Å². The summed E-state index contributed by atoms with van der Waals surface area (Å²) >= 11 is 0. The number of aromatic nitrogens is 4. The molecule has 12 nitrogen and oxygen atoms in total. The first kappa shape index (κ1) is 18.5. The van der Waals surface area contributed by atoms with E-state index in [4.69, 9.17) is 15.0 Å². The van der Waals surface area contributed by atoms with Gasteiger partial charge >= 0.3 is 7.82 Å². The lowest BCUT2D eigenvalue weighted by Crippen LogP contribution is -2.58. The largest absolute Gasteiger partial charge is 0.472 e. The van der Waals surface area contributed by atoms with E-state index in [0.717, 1.165) is 7.11 Å². The lowest BCUT2D eigenvalue weighted by molar-refractivity contribution is -0.174. The zero-order valence-electron chi connectivity index (χ0n) is 14.6. The average molecular weight is 401 g/mol. The molecule has 4 rings (SSSR count). The minimum Gasteiger partial charge on any atom is -0.388 e. The fraction of sp³-hybridized carbons (Fsp3) is 0.643. The summed E-state index contributed by atoms with van der Waals surface area (Å²) in [4.78, 5) is 32.0. The minimum absolute atomic E-state index is 0.0665. The Morgan fingerprint density at radius 3 is 3.00 bits per heavy atom. The Balaban J connectivity index is 1.69. The Labute approximate surface area is 152 Å². The number of aliphatic hydroxyl groups excluding tert-OH is 1. The molecular weight excluding hydrogens is 381 g/mol. The molecule has 1 aliphatic carbocycles. The third-order valence-electron chi connectivity index (χ3n) is 5.39. The first-order valence-electron chi connectivity index (χ1n) is 8.36. The van der Waals surface area contributed by atoms with E-state index in [0.29, 0.717) is 12.8 Å². The summed E-state index contributed by atoms with van der Waals surface area (Å²) in [6.07, 6.45) is -0.481. The van der Waals surface area contributed by atoms with Crippen LogP contribution in [0, 0.1) is 5.92 Å². The van der Waals surface area contributed by atoms with E-state index in [1.54, 1.807) is 0 Å². The molecule has 13 heteroatoms. The van der Waals surface area contributed by atoms with E-state index in [1.165, 1.54) is 10.9 Å². The zero-order chi connectivity index (χ0) is 19.6. The number of fused-ring (bicyclic) bond motifs is 2. The number of nitrogens with zero attached hydrogens (tertiary/aromatic N) is 3. The summed E-state index contributed by atoms with van der Waals surface area (Å²) in [6, 6.07) is 0. The van der Waals surface area contributed by atoms with Gasteiger partial charge in [-0.1, -0.05) is 6.92 Å². The van der Waals surface area contributed by atoms with Crippen LogP contribution in [0.5, 0.6) is 0 Å². The van der Waals surface area contributed by atoms with Gasteiger partial charge in [-0.15, -0.1) is 0 Å². The van der Waals surface area contributed by atoms with E-state index in [-0.39, 0.29) is 17.1 Å². The Morgan fingerprint density at radius 2 is 2.33 bits per heavy atom. The van der Waals surface area contributed by atoms with Crippen LogP contribution in [0.3, 0.4) is 0 Å². The molecule has 0 radical (unpaired) electrons. The van der Waals surface area contributed by atoms with Gasteiger partial charge in [-0.25, -0.2) is 9.55 Å². The van der Waals surface area contributed by atoms with Crippen LogP contribution in [-0.4, -0.2) is 54.4 Å². The second-order valence-corrected chi connectivity index (χ2v) is 8.23. The summed E-state index contributed by atoms with van der Waals surface area (Å²) in [5, 5.41) is 10.9. The van der Waals surface area contributed by atoms with Crippen LogP contribution in [0.25, 0.3) is 11.2 Å². The number of nitrogens with two attached hydrogens (primary N) is 1. The van der Waals surface area contributed by atoms with E-state index < -0.39 is 43.3 Å². The molecule has 0 amide bonds. The van der Waals surface area contributed by atoms with Crippen molar-refractivity contribution in [1.29, 1.82) is 0 Å². The number of ether oxygens (including phenoxy) is 1. The molecule has 2 aromatic rings. The van der Waals surface area contributed by atoms with Crippen molar-refractivity contribution in [2.24, 2.45) is 5.92 Å². The first-order chi connectivity index (χ1) is 12.7. The number of imidazole rings is 1. The van der Waals surface area contributed by atoms with Crippen LogP contribution in [0.1, 0.15) is 26.0 Å². The Kier molecular flexibility index (Phi) is 4.18. The molecule has 2 aromatic heterocycles. The predicted octanol–water partition coefficient (Wildman–Crippen LogP) is -0.108. The highest BCUT2D eigenvalue weighted by atomic mass is 31.2. The van der Waals surface area contributed by atoms with Crippen molar-refractivity contribution in [2.45, 2.75) is 43.8 Å². The molecule has 27 heavy (non-hydrogen) atoms. The standard InChI is InChI=1S/C14H20N5O7P/c1-3-14-4-6(26-27(22,23)24-2)7(14)9(20)12(25-14)19-5-16-8-10(19)17-13(15)18-11(8)21/h5-7,9,12,20H,3-4H2,1-2H3,(H,22,23)(H3,15,17,18,21)/t6?,7?,9?,12-,14+/m1/s1. The molecule has 2 aliphatic rings. The highest BCUT2D eigenvalue weighted by molar-refractivity contribution is 7.47. The zero-order valence-corrected chi connectivity index (χ0v) is 15.5. The summed E-state index contributed by atoms with van der Waals surface area (Å²) in [6.45, 7) is 1.89. The summed E-state index contributed by atoms with van der Waals surface area (Å²) in [5.74, 6) is -0.641. The maximum absolute atomic E-state index is 12.0. The first-order valence-corrected chi connectivity index (χ1v) is 9.86. The van der Waals surface area contributed by atoms with Crippen molar-refractivity contribution in [2.75, 3.05) is 12.8 Å². The quantitative estimate of drug-likeness (QED) is 0.495. The fourth-order valence-electron chi connectivity index (χ4n) is 4.06. The highest BCUT2D eigenvalue weighted by Crippen LogP contribution is 2.60. The van der Waals surface area contributed by atoms with Crippen molar-refractivity contribution in [1.82, 2.24) is 19.5 Å². The maximum atomic E-state index is 12.0. The van der Waals surface area contributed by atoms with Gasteiger partial charge in [0.05, 0.1) is 18.0 Å². The van der Waals surface area contributed by atoms with Gasteiger partial charge in [0.1, 0.15) is 6.10 Å². The number of nitrogens with one attached hydrogen (secondary N) is 1. The Hall–Kier alpha value is -1.82. The second-order valence-electron chi connectivity index (χ2n) is 6.72. The number of anilines is 1. The molecule has 6 atom stereocenters. The van der Waals surface area contributed by atoms with Crippen LogP contribution >= 0.6 is 7.82 Å². The third kappa shape index (κ3) is 2.72. The molecule has 0 bridgehead atoms. The van der Waals surface area contributed by atoms with Crippen molar-refractivity contribution < 1.29 is 28.3 Å². The minimum atomic E-state index is -4.20. The molecule has 2 fully saturated rings. The normalized spacial score (nSPS) is 35.0. The maximum Gasteiger partial charge on any atom is 0.472 e. The van der Waals surface area contributed by atoms with Gasteiger partial charge in [0, 0.05) is 19.4 Å². The van der Waals surface area contributed by atoms with Gasteiger partial charge in [-0.2, -0.15) is 4.98 Å². The van der Waals surface area contributed by atoms with Crippen molar-refractivity contribution in [3.05, 3.63) is 16.7 Å². The lowest BCUT2D eigenvalue weighted by Gasteiger charge is -2.49. The fourth-order valence-corrected chi connectivity index (χ4v) is 4.69. The van der Waals surface area contributed by atoms with E-state index in [1.807, 2.05) is 6.92 Å². The number of H-pyrrole nitrogens is 1. The molecule has 4 unspecified atom stereocenters. The van der Waals surface area contributed by atoms with Crippen molar-refractivity contribution in [3.63, 3.8) is 0 Å². The molecule has 1 aliphatic heterocycles. The average Bonchev–Trinajstić information content (AvgIpc) is 3.09. The third-order valence-corrected chi connectivity index (χ3v) is 6.39. The van der Waals surface area contributed by atoms with Crippen molar-refractivity contribution >= 4 is 24.9 Å². The predicted molar refractivity (Wildman–Crippen MR) is 91.5 cm³/mol. The number of phosphoric ester groups is 1. The number of hydrogen-bond donors (Lipinski definition) is 4. The van der Waals surface area contributed by atoms with E-state index in [9.17, 15) is 19.4 Å². The molecular formula is C14H20N5O7P. The smallest absolute Gasteiger partial charge is 0.388 e. The van der Waals surface area contributed by atoms with Gasteiger partial charge < -0.3 is 20.5 Å². The number of aliphatic hydroxyl groups is 1. The Bertz CT molecular complexity index is 992. The van der Waals surface area contributed by atoms with E-state index in [2.05, 4.69) is 19.5 Å². The van der Waals surface area contributed by atoms with Crippen LogP contribution in [0.15, 0.2) is 11.1 Å². The summed E-state index contributed by atoms with van der Waals surface area (Å²) in [7, 11) is -3.13. The highest BCUT2D eigenvalue weighted by Gasteiger charge is 2.66. The van der Waals surface area contributed by atoms with E-state index >= 15 is 0 Å².